The quantitative estimate of drug-likeness (QED) is 0.417. The standard InChI is InChI=1S/C29H38N6O5/c1-28(2,3)40-27(37)35-13-7-8-19(15-35)33-26-24-23(31-17-32-26)21(25(30)36)14-22(34-24)18-9-11-20(12-10-18)39-16-29(4,5)38-6/h9-12,14,17,19H,7-8,13,15-16H2,1-6H3,(H2,30,36)(H,31,32,33)/t19-/m0/s1. The number of ether oxygens (including phenoxy) is 3. The number of carbonyl (C=O) groups excluding carboxylic acids is 2. The zero-order valence-corrected chi connectivity index (χ0v) is 24.0. The van der Waals surface area contributed by atoms with Crippen LogP contribution in [-0.2, 0) is 9.47 Å². The van der Waals surface area contributed by atoms with Crippen molar-refractivity contribution in [1.82, 2.24) is 19.9 Å². The van der Waals surface area contributed by atoms with Gasteiger partial charge in [-0.15, -0.1) is 0 Å². The molecule has 0 unspecified atom stereocenters. The second kappa shape index (κ2) is 11.6. The highest BCUT2D eigenvalue weighted by Gasteiger charge is 2.28. The van der Waals surface area contributed by atoms with E-state index < -0.39 is 17.1 Å². The van der Waals surface area contributed by atoms with Crippen LogP contribution in [0.4, 0.5) is 10.6 Å². The summed E-state index contributed by atoms with van der Waals surface area (Å²) in [7, 11) is 1.65. The molecule has 11 heteroatoms. The molecular formula is C29H38N6O5. The van der Waals surface area contributed by atoms with Gasteiger partial charge in [-0.05, 0) is 77.8 Å². The molecule has 3 heterocycles. The molecule has 0 saturated carbocycles. The number of fused-ring (bicyclic) bond motifs is 1. The summed E-state index contributed by atoms with van der Waals surface area (Å²) in [6.07, 6.45) is 2.66. The van der Waals surface area contributed by atoms with Crippen molar-refractivity contribution in [3.05, 3.63) is 42.2 Å². The summed E-state index contributed by atoms with van der Waals surface area (Å²) < 4.78 is 16.8. The zero-order valence-electron chi connectivity index (χ0n) is 24.0. The van der Waals surface area contributed by atoms with E-state index in [1.165, 1.54) is 6.33 Å². The molecule has 1 atom stereocenters. The summed E-state index contributed by atoms with van der Waals surface area (Å²) in [6, 6.07) is 8.95. The summed E-state index contributed by atoms with van der Waals surface area (Å²) in [4.78, 5) is 40.3. The SMILES string of the molecule is COC(C)(C)COc1ccc(-c2cc(C(N)=O)c3ncnc(N[C@H]4CCCN(C(=O)OC(C)(C)C)C4)c3n2)cc1. The van der Waals surface area contributed by atoms with E-state index in [4.69, 9.17) is 24.9 Å². The van der Waals surface area contributed by atoms with Gasteiger partial charge < -0.3 is 30.2 Å². The van der Waals surface area contributed by atoms with E-state index in [9.17, 15) is 9.59 Å². The second-order valence-electron chi connectivity index (χ2n) is 11.5. The zero-order chi connectivity index (χ0) is 29.1. The van der Waals surface area contributed by atoms with Gasteiger partial charge in [-0.1, -0.05) is 0 Å². The Hall–Kier alpha value is -3.99. The number of nitrogens with zero attached hydrogens (tertiary/aromatic N) is 4. The number of pyridine rings is 1. The summed E-state index contributed by atoms with van der Waals surface area (Å²) in [5.74, 6) is 0.531. The molecule has 0 spiro atoms. The van der Waals surface area contributed by atoms with Crippen LogP contribution in [0.2, 0.25) is 0 Å². The maximum Gasteiger partial charge on any atom is 0.410 e. The molecule has 4 rings (SSSR count). The fourth-order valence-electron chi connectivity index (χ4n) is 4.30. The van der Waals surface area contributed by atoms with Crippen molar-refractivity contribution in [3.63, 3.8) is 0 Å². The van der Waals surface area contributed by atoms with E-state index in [1.807, 2.05) is 58.9 Å². The van der Waals surface area contributed by atoms with Gasteiger partial charge in [0.05, 0.1) is 16.9 Å². The first-order valence-corrected chi connectivity index (χ1v) is 13.3. The number of nitrogens with one attached hydrogen (secondary N) is 1. The van der Waals surface area contributed by atoms with E-state index in [1.54, 1.807) is 18.1 Å². The lowest BCUT2D eigenvalue weighted by molar-refractivity contribution is -0.0146. The number of aromatic nitrogens is 3. The highest BCUT2D eigenvalue weighted by Crippen LogP contribution is 2.29. The normalized spacial score (nSPS) is 16.1. The summed E-state index contributed by atoms with van der Waals surface area (Å²) >= 11 is 0. The van der Waals surface area contributed by atoms with Crippen LogP contribution in [-0.4, -0.2) is 75.9 Å². The van der Waals surface area contributed by atoms with Crippen LogP contribution in [0.25, 0.3) is 22.3 Å². The molecule has 1 aromatic carbocycles. The third-order valence-electron chi connectivity index (χ3n) is 6.56. The maximum atomic E-state index is 12.6. The number of methoxy groups -OCH3 is 1. The number of hydrogen-bond donors (Lipinski definition) is 2. The average Bonchev–Trinajstić information content (AvgIpc) is 2.91. The van der Waals surface area contributed by atoms with Gasteiger partial charge in [-0.2, -0.15) is 0 Å². The van der Waals surface area contributed by atoms with Crippen molar-refractivity contribution >= 4 is 28.9 Å². The third-order valence-corrected chi connectivity index (χ3v) is 6.56. The van der Waals surface area contributed by atoms with Gasteiger partial charge in [-0.25, -0.2) is 19.7 Å². The molecule has 40 heavy (non-hydrogen) atoms. The summed E-state index contributed by atoms with van der Waals surface area (Å²) in [6.45, 7) is 10.9. The Morgan fingerprint density at radius 1 is 1.10 bits per heavy atom. The Kier molecular flexibility index (Phi) is 8.43. The largest absolute Gasteiger partial charge is 0.491 e. The van der Waals surface area contributed by atoms with Crippen molar-refractivity contribution < 1.29 is 23.8 Å². The second-order valence-corrected chi connectivity index (χ2v) is 11.5. The lowest BCUT2D eigenvalue weighted by Crippen LogP contribution is -2.47. The van der Waals surface area contributed by atoms with Gasteiger partial charge in [0.25, 0.3) is 5.91 Å². The Morgan fingerprint density at radius 3 is 2.48 bits per heavy atom. The molecule has 1 aliphatic rings. The molecule has 11 nitrogen and oxygen atoms in total. The molecule has 214 valence electrons. The smallest absolute Gasteiger partial charge is 0.410 e. The number of primary amides is 1. The first kappa shape index (κ1) is 29.0. The van der Waals surface area contributed by atoms with Gasteiger partial charge in [0, 0.05) is 31.8 Å². The molecule has 0 radical (unpaired) electrons. The number of amides is 2. The van der Waals surface area contributed by atoms with Gasteiger partial charge in [0.1, 0.15) is 35.3 Å². The lowest BCUT2D eigenvalue weighted by atomic mass is 10.0. The minimum absolute atomic E-state index is 0.0883. The van der Waals surface area contributed by atoms with E-state index >= 15 is 0 Å². The fourth-order valence-corrected chi connectivity index (χ4v) is 4.30. The predicted octanol–water partition coefficient (Wildman–Crippen LogP) is 4.41. The first-order chi connectivity index (χ1) is 18.8. The van der Waals surface area contributed by atoms with E-state index in [0.717, 1.165) is 18.4 Å². The third kappa shape index (κ3) is 7.15. The number of likely N-dealkylation sites (tertiary alicyclic amines) is 1. The molecule has 3 N–H and O–H groups in total. The number of nitrogens with two attached hydrogens (primary N) is 1. The van der Waals surface area contributed by atoms with Crippen LogP contribution >= 0.6 is 0 Å². The molecular weight excluding hydrogens is 512 g/mol. The number of carbonyl (C=O) groups is 2. The van der Waals surface area contributed by atoms with Crippen LogP contribution in [0.1, 0.15) is 57.8 Å². The molecule has 2 amide bonds. The predicted molar refractivity (Wildman–Crippen MR) is 152 cm³/mol. The minimum atomic E-state index is -0.617. The Bertz CT molecular complexity index is 1370. The topological polar surface area (TPSA) is 142 Å². The highest BCUT2D eigenvalue weighted by molar-refractivity contribution is 6.06. The van der Waals surface area contributed by atoms with Gasteiger partial charge in [-0.3, -0.25) is 4.79 Å². The highest BCUT2D eigenvalue weighted by atomic mass is 16.6. The maximum absolute atomic E-state index is 12.6. The van der Waals surface area contributed by atoms with Gasteiger partial charge in [0.2, 0.25) is 0 Å². The number of benzene rings is 1. The van der Waals surface area contributed by atoms with Crippen LogP contribution < -0.4 is 15.8 Å². The molecule has 1 aliphatic heterocycles. The molecule has 0 bridgehead atoms. The van der Waals surface area contributed by atoms with Crippen LogP contribution in [0.5, 0.6) is 5.75 Å². The molecule has 2 aromatic heterocycles. The first-order valence-electron chi connectivity index (χ1n) is 13.3. The number of hydrogen-bond acceptors (Lipinski definition) is 9. The van der Waals surface area contributed by atoms with Crippen LogP contribution in [0, 0.1) is 0 Å². The molecule has 0 aliphatic carbocycles. The summed E-state index contributed by atoms with van der Waals surface area (Å²) in [5.41, 5.74) is 7.09. The van der Waals surface area contributed by atoms with Crippen molar-refractivity contribution in [2.24, 2.45) is 5.73 Å². The van der Waals surface area contributed by atoms with Crippen molar-refractivity contribution in [2.45, 2.75) is 64.7 Å². The van der Waals surface area contributed by atoms with E-state index in [2.05, 4.69) is 15.3 Å². The number of piperidine rings is 1. The monoisotopic (exact) mass is 550 g/mol. The lowest BCUT2D eigenvalue weighted by Gasteiger charge is -2.34. The van der Waals surface area contributed by atoms with Crippen molar-refractivity contribution in [2.75, 3.05) is 32.1 Å². The number of rotatable bonds is 8. The average molecular weight is 551 g/mol. The fraction of sp³-hybridized carbons (Fsp3) is 0.483. The Balaban J connectivity index is 1.61. The van der Waals surface area contributed by atoms with Crippen molar-refractivity contribution in [3.8, 4) is 17.0 Å². The van der Waals surface area contributed by atoms with Gasteiger partial charge in [0.15, 0.2) is 5.82 Å². The Morgan fingerprint density at radius 2 is 1.82 bits per heavy atom. The molecule has 1 saturated heterocycles. The van der Waals surface area contributed by atoms with Crippen LogP contribution in [0.3, 0.4) is 0 Å². The van der Waals surface area contributed by atoms with Gasteiger partial charge >= 0.3 is 6.09 Å². The van der Waals surface area contributed by atoms with Crippen LogP contribution in [0.15, 0.2) is 36.7 Å². The minimum Gasteiger partial charge on any atom is -0.491 e. The molecule has 1 fully saturated rings. The summed E-state index contributed by atoms with van der Waals surface area (Å²) in [5, 5.41) is 3.41. The van der Waals surface area contributed by atoms with E-state index in [-0.39, 0.29) is 17.7 Å². The molecule has 3 aromatic rings. The van der Waals surface area contributed by atoms with E-state index in [0.29, 0.717) is 48.0 Å². The van der Waals surface area contributed by atoms with Crippen molar-refractivity contribution in [1.29, 1.82) is 0 Å². The Labute approximate surface area is 234 Å². The number of anilines is 1.